The number of piperidine rings is 1. The number of anilines is 1. The normalized spacial score (nSPS) is 15.2. The average molecular weight is 588 g/mol. The van der Waals surface area contributed by atoms with Crippen LogP contribution in [-0.2, 0) is 26.0 Å². The number of halogens is 2. The molecule has 1 aliphatic rings. The van der Waals surface area contributed by atoms with Crippen LogP contribution in [0.1, 0.15) is 60.7 Å². The standard InChI is InChI=1S/C30H32Cl2N2O4S/c1-30(2,3)24-10-8-21(9-11-24)28(35)23-5-4-6-25(18-23)33-29(36)22-13-15-34(16-14-22)39(37,38)19-20-7-12-26(31)27(32)17-20/h4-12,17-18,22H,13-16,19H2,1-3H3,(H,33,36). The number of carbonyl (C=O) groups is 2. The summed E-state index contributed by atoms with van der Waals surface area (Å²) in [6.07, 6.45) is 0.816. The van der Waals surface area contributed by atoms with Gasteiger partial charge in [-0.25, -0.2) is 12.7 Å². The van der Waals surface area contributed by atoms with Crippen LogP contribution < -0.4 is 5.32 Å². The lowest BCUT2D eigenvalue weighted by molar-refractivity contribution is -0.120. The molecular weight excluding hydrogens is 555 g/mol. The van der Waals surface area contributed by atoms with Gasteiger partial charge in [-0.1, -0.05) is 86.4 Å². The number of ketones is 1. The van der Waals surface area contributed by atoms with E-state index in [4.69, 9.17) is 23.2 Å². The molecule has 1 saturated heterocycles. The van der Waals surface area contributed by atoms with Gasteiger partial charge in [-0.05, 0) is 53.6 Å². The zero-order chi connectivity index (χ0) is 28.4. The molecule has 0 spiro atoms. The summed E-state index contributed by atoms with van der Waals surface area (Å²) in [5, 5.41) is 3.58. The number of benzene rings is 3. The highest BCUT2D eigenvalue weighted by molar-refractivity contribution is 7.88. The number of hydrogen-bond acceptors (Lipinski definition) is 4. The summed E-state index contributed by atoms with van der Waals surface area (Å²) >= 11 is 12.0. The van der Waals surface area contributed by atoms with Crippen molar-refractivity contribution in [3.8, 4) is 0 Å². The van der Waals surface area contributed by atoms with Crippen LogP contribution >= 0.6 is 23.2 Å². The highest BCUT2D eigenvalue weighted by Gasteiger charge is 2.31. The highest BCUT2D eigenvalue weighted by atomic mass is 35.5. The molecule has 0 aliphatic carbocycles. The summed E-state index contributed by atoms with van der Waals surface area (Å²) in [4.78, 5) is 26.0. The molecule has 9 heteroatoms. The summed E-state index contributed by atoms with van der Waals surface area (Å²) in [5.41, 5.74) is 3.31. The van der Waals surface area contributed by atoms with Gasteiger partial charge in [0, 0.05) is 35.8 Å². The van der Waals surface area contributed by atoms with Crippen LogP contribution in [0.15, 0.2) is 66.7 Å². The molecule has 3 aromatic rings. The van der Waals surface area contributed by atoms with E-state index >= 15 is 0 Å². The molecule has 1 N–H and O–H groups in total. The molecule has 1 fully saturated rings. The number of hydrogen-bond donors (Lipinski definition) is 1. The molecule has 0 saturated carbocycles. The number of nitrogens with zero attached hydrogens (tertiary/aromatic N) is 1. The number of rotatable bonds is 7. The molecule has 1 heterocycles. The molecule has 0 aromatic heterocycles. The first-order valence-electron chi connectivity index (χ1n) is 12.8. The van der Waals surface area contributed by atoms with Crippen molar-refractivity contribution in [3.05, 3.63) is 99.0 Å². The summed E-state index contributed by atoms with van der Waals surface area (Å²) in [6.45, 7) is 6.87. The minimum absolute atomic E-state index is 0.00287. The van der Waals surface area contributed by atoms with Gasteiger partial charge in [-0.15, -0.1) is 0 Å². The fourth-order valence-electron chi connectivity index (χ4n) is 4.60. The van der Waals surface area contributed by atoms with Crippen LogP contribution in [0.2, 0.25) is 10.0 Å². The van der Waals surface area contributed by atoms with Gasteiger partial charge in [0.05, 0.1) is 15.8 Å². The van der Waals surface area contributed by atoms with Crippen molar-refractivity contribution in [2.45, 2.75) is 44.8 Å². The predicted molar refractivity (Wildman–Crippen MR) is 157 cm³/mol. The van der Waals surface area contributed by atoms with Crippen molar-refractivity contribution in [2.75, 3.05) is 18.4 Å². The number of sulfonamides is 1. The predicted octanol–water partition coefficient (Wildman–Crippen LogP) is 6.70. The average Bonchev–Trinajstić information content (AvgIpc) is 2.90. The van der Waals surface area contributed by atoms with Gasteiger partial charge in [0.1, 0.15) is 0 Å². The maximum absolute atomic E-state index is 13.1. The zero-order valence-corrected chi connectivity index (χ0v) is 24.5. The Balaban J connectivity index is 1.35. The van der Waals surface area contributed by atoms with Crippen LogP contribution in [0, 0.1) is 5.92 Å². The topological polar surface area (TPSA) is 83.6 Å². The first-order valence-corrected chi connectivity index (χ1v) is 15.2. The van der Waals surface area contributed by atoms with E-state index in [2.05, 4.69) is 26.1 Å². The molecule has 1 amide bonds. The Hall–Kier alpha value is -2.71. The number of amides is 1. The molecule has 0 radical (unpaired) electrons. The Morgan fingerprint density at radius 1 is 0.897 bits per heavy atom. The zero-order valence-electron chi connectivity index (χ0n) is 22.2. The number of nitrogens with one attached hydrogen (secondary N) is 1. The van der Waals surface area contributed by atoms with E-state index in [-0.39, 0.29) is 41.9 Å². The van der Waals surface area contributed by atoms with Crippen LogP contribution in [0.3, 0.4) is 0 Å². The lowest BCUT2D eigenvalue weighted by Gasteiger charge is -2.30. The van der Waals surface area contributed by atoms with Crippen molar-refractivity contribution >= 4 is 50.6 Å². The second-order valence-electron chi connectivity index (χ2n) is 10.9. The number of carbonyl (C=O) groups excluding carboxylic acids is 2. The molecule has 1 aliphatic heterocycles. The maximum atomic E-state index is 13.1. The van der Waals surface area contributed by atoms with Gasteiger partial charge in [0.25, 0.3) is 0 Å². The first kappa shape index (κ1) is 29.3. The third-order valence-electron chi connectivity index (χ3n) is 6.96. The van der Waals surface area contributed by atoms with Gasteiger partial charge in [0.2, 0.25) is 15.9 Å². The second kappa shape index (κ2) is 11.8. The lowest BCUT2D eigenvalue weighted by atomic mass is 9.86. The summed E-state index contributed by atoms with van der Waals surface area (Å²) in [7, 11) is -3.56. The molecule has 4 rings (SSSR count). The van der Waals surface area contributed by atoms with Gasteiger partial charge in [-0.3, -0.25) is 9.59 Å². The fourth-order valence-corrected chi connectivity index (χ4v) is 6.47. The smallest absolute Gasteiger partial charge is 0.227 e. The Bertz CT molecular complexity index is 1470. The van der Waals surface area contributed by atoms with E-state index in [1.807, 2.05) is 24.3 Å². The molecule has 0 bridgehead atoms. The molecule has 206 valence electrons. The fraction of sp³-hybridized carbons (Fsp3) is 0.333. The van der Waals surface area contributed by atoms with Crippen LogP contribution in [0.5, 0.6) is 0 Å². The quantitative estimate of drug-likeness (QED) is 0.312. The van der Waals surface area contributed by atoms with E-state index in [1.165, 1.54) is 4.31 Å². The van der Waals surface area contributed by atoms with Crippen molar-refractivity contribution in [3.63, 3.8) is 0 Å². The van der Waals surface area contributed by atoms with Crippen molar-refractivity contribution in [2.24, 2.45) is 5.92 Å². The van der Waals surface area contributed by atoms with E-state index in [0.717, 1.165) is 5.56 Å². The monoisotopic (exact) mass is 586 g/mol. The molecular formula is C30H32Cl2N2O4S. The highest BCUT2D eigenvalue weighted by Crippen LogP contribution is 2.27. The van der Waals surface area contributed by atoms with E-state index in [1.54, 1.807) is 42.5 Å². The van der Waals surface area contributed by atoms with E-state index < -0.39 is 10.0 Å². The summed E-state index contributed by atoms with van der Waals surface area (Å²) < 4.78 is 27.3. The molecule has 39 heavy (non-hydrogen) atoms. The Morgan fingerprint density at radius 3 is 2.18 bits per heavy atom. The lowest BCUT2D eigenvalue weighted by Crippen LogP contribution is -2.41. The van der Waals surface area contributed by atoms with Gasteiger partial charge in [0.15, 0.2) is 5.78 Å². The maximum Gasteiger partial charge on any atom is 0.227 e. The SMILES string of the molecule is CC(C)(C)c1ccc(C(=O)c2cccc(NC(=O)C3CCN(S(=O)(=O)Cc4ccc(Cl)c(Cl)c4)CC3)c2)cc1. The minimum Gasteiger partial charge on any atom is -0.326 e. The van der Waals surface area contributed by atoms with Crippen molar-refractivity contribution < 1.29 is 18.0 Å². The molecule has 0 unspecified atom stereocenters. The second-order valence-corrected chi connectivity index (χ2v) is 13.7. The van der Waals surface area contributed by atoms with Crippen LogP contribution in [0.4, 0.5) is 5.69 Å². The molecule has 6 nitrogen and oxygen atoms in total. The van der Waals surface area contributed by atoms with Crippen LogP contribution in [0.25, 0.3) is 0 Å². The molecule has 0 atom stereocenters. The first-order chi connectivity index (χ1) is 18.3. The van der Waals surface area contributed by atoms with Gasteiger partial charge < -0.3 is 5.32 Å². The third kappa shape index (κ3) is 7.28. The van der Waals surface area contributed by atoms with Crippen molar-refractivity contribution in [1.29, 1.82) is 0 Å². The Morgan fingerprint density at radius 2 is 1.56 bits per heavy atom. The Labute approximate surface area is 240 Å². The largest absolute Gasteiger partial charge is 0.326 e. The van der Waals surface area contributed by atoms with Gasteiger partial charge in [-0.2, -0.15) is 0 Å². The summed E-state index contributed by atoms with van der Waals surface area (Å²) in [5.74, 6) is -0.811. The Kier molecular flexibility index (Phi) is 8.86. The van der Waals surface area contributed by atoms with Gasteiger partial charge >= 0.3 is 0 Å². The molecule has 3 aromatic carbocycles. The van der Waals surface area contributed by atoms with Crippen LogP contribution in [-0.4, -0.2) is 37.5 Å². The third-order valence-corrected chi connectivity index (χ3v) is 9.55. The summed E-state index contributed by atoms with van der Waals surface area (Å²) in [6, 6.07) is 19.3. The van der Waals surface area contributed by atoms with E-state index in [0.29, 0.717) is 45.3 Å². The minimum atomic E-state index is -3.56. The van der Waals surface area contributed by atoms with E-state index in [9.17, 15) is 18.0 Å². The van der Waals surface area contributed by atoms with Crippen molar-refractivity contribution in [1.82, 2.24) is 4.31 Å².